The van der Waals surface area contributed by atoms with Gasteiger partial charge in [0.1, 0.15) is 17.7 Å². The van der Waals surface area contributed by atoms with E-state index in [0.717, 1.165) is 11.6 Å². The van der Waals surface area contributed by atoms with E-state index in [-0.39, 0.29) is 6.04 Å². The highest BCUT2D eigenvalue weighted by molar-refractivity contribution is 7.09. The molecule has 0 bridgehead atoms. The summed E-state index contributed by atoms with van der Waals surface area (Å²) in [5.74, 6) is 0. The molecule has 0 amide bonds. The maximum atomic E-state index is 4.29. The number of nitrogens with one attached hydrogen (secondary N) is 1. The summed E-state index contributed by atoms with van der Waals surface area (Å²) in [6.45, 7) is 5.07. The van der Waals surface area contributed by atoms with Gasteiger partial charge in [-0.25, -0.2) is 9.97 Å². The molecule has 2 rings (SSSR count). The minimum Gasteiger partial charge on any atom is -0.304 e. The van der Waals surface area contributed by atoms with Crippen LogP contribution in [0, 0.1) is 0 Å². The van der Waals surface area contributed by atoms with E-state index in [4.69, 9.17) is 0 Å². The lowest BCUT2D eigenvalue weighted by Gasteiger charge is -2.18. The zero-order valence-electron chi connectivity index (χ0n) is 9.37. The lowest BCUT2D eigenvalue weighted by Crippen LogP contribution is -2.32. The highest BCUT2D eigenvalue weighted by Crippen LogP contribution is 2.15. The van der Waals surface area contributed by atoms with Crippen molar-refractivity contribution >= 4 is 11.3 Å². The fourth-order valence-corrected chi connectivity index (χ4v) is 2.26. The Morgan fingerprint density at radius 2 is 2.38 bits per heavy atom. The minimum absolute atomic E-state index is 0.276. The third kappa shape index (κ3) is 2.86. The molecule has 0 radical (unpaired) electrons. The van der Waals surface area contributed by atoms with E-state index in [2.05, 4.69) is 34.2 Å². The molecule has 2 heterocycles. The van der Waals surface area contributed by atoms with Crippen LogP contribution < -0.4 is 5.32 Å². The van der Waals surface area contributed by atoms with Gasteiger partial charge >= 0.3 is 0 Å². The maximum absolute atomic E-state index is 4.29. The number of hydrogen-bond donors (Lipinski definition) is 1. The molecule has 0 aliphatic carbocycles. The SMILES string of the molecule is CC(Cn1cncn1)NC(C)c1nccs1. The van der Waals surface area contributed by atoms with E-state index in [9.17, 15) is 0 Å². The molecular formula is C10H15N5S. The van der Waals surface area contributed by atoms with Crippen molar-refractivity contribution in [3.8, 4) is 0 Å². The Morgan fingerprint density at radius 1 is 1.50 bits per heavy atom. The van der Waals surface area contributed by atoms with Crippen molar-refractivity contribution in [1.29, 1.82) is 0 Å². The lowest BCUT2D eigenvalue weighted by molar-refractivity contribution is 0.412. The molecule has 2 aromatic rings. The summed E-state index contributed by atoms with van der Waals surface area (Å²) in [5, 5.41) is 10.7. The van der Waals surface area contributed by atoms with Gasteiger partial charge < -0.3 is 5.32 Å². The van der Waals surface area contributed by atoms with Crippen LogP contribution in [0.1, 0.15) is 24.9 Å². The number of nitrogens with zero attached hydrogens (tertiary/aromatic N) is 4. The molecule has 0 fully saturated rings. The van der Waals surface area contributed by atoms with Crippen molar-refractivity contribution in [3.05, 3.63) is 29.2 Å². The predicted octanol–water partition coefficient (Wildman–Crippen LogP) is 1.47. The van der Waals surface area contributed by atoms with Crippen molar-refractivity contribution in [3.63, 3.8) is 0 Å². The van der Waals surface area contributed by atoms with Crippen LogP contribution in [0.25, 0.3) is 0 Å². The van der Waals surface area contributed by atoms with Gasteiger partial charge in [-0.1, -0.05) is 0 Å². The fraction of sp³-hybridized carbons (Fsp3) is 0.500. The van der Waals surface area contributed by atoms with E-state index in [1.54, 1.807) is 24.0 Å². The summed E-state index contributed by atoms with van der Waals surface area (Å²) in [6, 6.07) is 0.610. The van der Waals surface area contributed by atoms with Gasteiger partial charge in [0, 0.05) is 17.6 Å². The zero-order chi connectivity index (χ0) is 11.4. The van der Waals surface area contributed by atoms with Crippen molar-refractivity contribution in [2.45, 2.75) is 32.5 Å². The Balaban J connectivity index is 1.85. The van der Waals surface area contributed by atoms with Gasteiger partial charge in [-0.05, 0) is 13.8 Å². The molecular weight excluding hydrogens is 222 g/mol. The maximum Gasteiger partial charge on any atom is 0.137 e. The van der Waals surface area contributed by atoms with Gasteiger partial charge in [0.05, 0.1) is 12.6 Å². The Hall–Kier alpha value is -1.27. The first kappa shape index (κ1) is 11.2. The fourth-order valence-electron chi connectivity index (χ4n) is 1.61. The van der Waals surface area contributed by atoms with E-state index in [0.29, 0.717) is 6.04 Å². The molecule has 0 aliphatic heterocycles. The Labute approximate surface area is 98.5 Å². The summed E-state index contributed by atoms with van der Waals surface area (Å²) >= 11 is 1.67. The first-order chi connectivity index (χ1) is 7.75. The summed E-state index contributed by atoms with van der Waals surface area (Å²) in [5.41, 5.74) is 0. The van der Waals surface area contributed by atoms with E-state index in [1.807, 2.05) is 16.3 Å². The van der Waals surface area contributed by atoms with E-state index >= 15 is 0 Å². The van der Waals surface area contributed by atoms with Crippen molar-refractivity contribution < 1.29 is 0 Å². The molecule has 2 atom stereocenters. The van der Waals surface area contributed by atoms with E-state index < -0.39 is 0 Å². The van der Waals surface area contributed by atoms with Crippen LogP contribution in [0.4, 0.5) is 0 Å². The van der Waals surface area contributed by atoms with Gasteiger partial charge in [-0.15, -0.1) is 11.3 Å². The zero-order valence-corrected chi connectivity index (χ0v) is 10.2. The first-order valence-corrected chi connectivity index (χ1v) is 6.11. The molecule has 2 unspecified atom stereocenters. The average molecular weight is 237 g/mol. The second-order valence-corrected chi connectivity index (χ2v) is 4.70. The van der Waals surface area contributed by atoms with Gasteiger partial charge in [0.25, 0.3) is 0 Å². The number of aromatic nitrogens is 4. The molecule has 0 aliphatic rings. The monoisotopic (exact) mass is 237 g/mol. The predicted molar refractivity (Wildman–Crippen MR) is 63.1 cm³/mol. The van der Waals surface area contributed by atoms with Crippen LogP contribution in [0.3, 0.4) is 0 Å². The second-order valence-electron chi connectivity index (χ2n) is 3.78. The molecule has 0 spiro atoms. The topological polar surface area (TPSA) is 55.6 Å². The van der Waals surface area contributed by atoms with Gasteiger partial charge in [0.2, 0.25) is 0 Å². The van der Waals surface area contributed by atoms with Crippen molar-refractivity contribution in [2.75, 3.05) is 0 Å². The molecule has 6 heteroatoms. The van der Waals surface area contributed by atoms with Crippen LogP contribution >= 0.6 is 11.3 Å². The Morgan fingerprint density at radius 3 is 3.00 bits per heavy atom. The first-order valence-electron chi connectivity index (χ1n) is 5.23. The van der Waals surface area contributed by atoms with Crippen LogP contribution in [0.2, 0.25) is 0 Å². The highest BCUT2D eigenvalue weighted by Gasteiger charge is 2.11. The summed E-state index contributed by atoms with van der Waals surface area (Å²) < 4.78 is 1.83. The molecule has 16 heavy (non-hydrogen) atoms. The summed E-state index contributed by atoms with van der Waals surface area (Å²) in [4.78, 5) is 8.21. The minimum atomic E-state index is 0.276. The van der Waals surface area contributed by atoms with E-state index in [1.165, 1.54) is 0 Å². The van der Waals surface area contributed by atoms with Gasteiger partial charge in [0.15, 0.2) is 0 Å². The lowest BCUT2D eigenvalue weighted by atomic mass is 10.2. The molecule has 0 aromatic carbocycles. The van der Waals surface area contributed by atoms with Crippen molar-refractivity contribution in [2.24, 2.45) is 0 Å². The quantitative estimate of drug-likeness (QED) is 0.855. The van der Waals surface area contributed by atoms with Gasteiger partial charge in [-0.2, -0.15) is 5.10 Å². The third-order valence-electron chi connectivity index (χ3n) is 2.28. The molecule has 1 N–H and O–H groups in total. The summed E-state index contributed by atoms with van der Waals surface area (Å²) in [7, 11) is 0. The van der Waals surface area contributed by atoms with Crippen LogP contribution in [-0.4, -0.2) is 25.8 Å². The second kappa shape index (κ2) is 5.18. The highest BCUT2D eigenvalue weighted by atomic mass is 32.1. The number of thiazole rings is 1. The molecule has 0 saturated carbocycles. The smallest absolute Gasteiger partial charge is 0.137 e. The Bertz CT molecular complexity index is 397. The standard InChI is InChI=1S/C10H15N5S/c1-8(5-15-7-11-6-13-15)14-9(2)10-12-3-4-16-10/h3-4,6-9,14H,5H2,1-2H3. The molecule has 0 saturated heterocycles. The molecule has 2 aromatic heterocycles. The normalized spacial score (nSPS) is 14.9. The average Bonchev–Trinajstić information content (AvgIpc) is 2.88. The van der Waals surface area contributed by atoms with Gasteiger partial charge in [-0.3, -0.25) is 4.68 Å². The summed E-state index contributed by atoms with van der Waals surface area (Å²) in [6.07, 6.45) is 5.11. The third-order valence-corrected chi connectivity index (χ3v) is 3.24. The Kier molecular flexibility index (Phi) is 3.63. The number of rotatable bonds is 5. The van der Waals surface area contributed by atoms with Crippen LogP contribution in [-0.2, 0) is 6.54 Å². The molecule has 86 valence electrons. The molecule has 5 nitrogen and oxygen atoms in total. The van der Waals surface area contributed by atoms with Crippen LogP contribution in [0.5, 0.6) is 0 Å². The number of hydrogen-bond acceptors (Lipinski definition) is 5. The van der Waals surface area contributed by atoms with Crippen LogP contribution in [0.15, 0.2) is 24.2 Å². The van der Waals surface area contributed by atoms with Crippen molar-refractivity contribution in [1.82, 2.24) is 25.1 Å². The largest absolute Gasteiger partial charge is 0.304 e.